The van der Waals surface area contributed by atoms with Crippen molar-refractivity contribution in [1.29, 1.82) is 0 Å². The first-order valence-electron chi connectivity index (χ1n) is 6.59. The first-order valence-corrected chi connectivity index (χ1v) is 8.03. The van der Waals surface area contributed by atoms with Crippen molar-refractivity contribution >= 4 is 10.0 Å². The summed E-state index contributed by atoms with van der Waals surface area (Å²) in [6.45, 7) is 7.01. The van der Waals surface area contributed by atoms with E-state index >= 15 is 0 Å². The van der Waals surface area contributed by atoms with Gasteiger partial charge >= 0.3 is 0 Å². The third-order valence-electron chi connectivity index (χ3n) is 2.92. The van der Waals surface area contributed by atoms with Crippen LogP contribution in [0.4, 0.5) is 0 Å². The molecule has 0 aromatic carbocycles. The third-order valence-corrected chi connectivity index (χ3v) is 4.71. The molecule has 0 atom stereocenters. The van der Waals surface area contributed by atoms with Crippen LogP contribution in [0.25, 0.3) is 0 Å². The lowest BCUT2D eigenvalue weighted by Crippen LogP contribution is -2.30. The number of aromatic nitrogens is 1. The second kappa shape index (κ2) is 6.54. The molecule has 1 aromatic rings. The molecule has 110 valence electrons. The average molecular weight is 288 g/mol. The zero-order chi connectivity index (χ0) is 14.6. The molecule has 0 fully saturated rings. The van der Waals surface area contributed by atoms with Crippen molar-refractivity contribution in [2.75, 3.05) is 13.6 Å². The molecule has 1 N–H and O–H groups in total. The number of hydrogen-bond donors (Lipinski definition) is 1. The Kier molecular flexibility index (Phi) is 5.58. The molecule has 0 aliphatic rings. The van der Waals surface area contributed by atoms with Crippen LogP contribution >= 0.6 is 0 Å². The Morgan fingerprint density at radius 2 is 2.05 bits per heavy atom. The predicted molar refractivity (Wildman–Crippen MR) is 75.3 cm³/mol. The molecule has 0 unspecified atom stereocenters. The maximum atomic E-state index is 12.4. The Bertz CT molecular complexity index is 506. The van der Waals surface area contributed by atoms with Crippen LogP contribution in [-0.2, 0) is 23.2 Å². The van der Waals surface area contributed by atoms with Crippen LogP contribution in [0.1, 0.15) is 32.9 Å². The third kappa shape index (κ3) is 3.81. The highest BCUT2D eigenvalue weighted by molar-refractivity contribution is 7.89. The smallest absolute Gasteiger partial charge is 0.244 e. The SMILES string of the molecule is CCCn1cc(S(=O)(=O)N(C)CC(C)C)cc1CO. The largest absolute Gasteiger partial charge is 0.390 e. The van der Waals surface area contributed by atoms with Crippen molar-refractivity contribution in [1.82, 2.24) is 8.87 Å². The van der Waals surface area contributed by atoms with E-state index in [9.17, 15) is 13.5 Å². The van der Waals surface area contributed by atoms with E-state index < -0.39 is 10.0 Å². The predicted octanol–water partition coefficient (Wildman–Crippen LogP) is 1.67. The van der Waals surface area contributed by atoms with Crippen molar-refractivity contribution in [3.63, 3.8) is 0 Å². The Hall–Kier alpha value is -0.850. The summed E-state index contributed by atoms with van der Waals surface area (Å²) in [5.41, 5.74) is 0.637. The van der Waals surface area contributed by atoms with E-state index in [1.165, 1.54) is 4.31 Å². The zero-order valence-corrected chi connectivity index (χ0v) is 12.9. The topological polar surface area (TPSA) is 62.5 Å². The Morgan fingerprint density at radius 1 is 1.42 bits per heavy atom. The van der Waals surface area contributed by atoms with Crippen LogP contribution in [0, 0.1) is 5.92 Å². The first-order chi connectivity index (χ1) is 8.82. The van der Waals surface area contributed by atoms with Crippen molar-refractivity contribution in [3.8, 4) is 0 Å². The van der Waals surface area contributed by atoms with Gasteiger partial charge in [0.2, 0.25) is 10.0 Å². The first kappa shape index (κ1) is 16.2. The normalized spacial score (nSPS) is 12.6. The molecule has 0 amide bonds. The monoisotopic (exact) mass is 288 g/mol. The molecule has 6 heteroatoms. The van der Waals surface area contributed by atoms with E-state index in [2.05, 4.69) is 0 Å². The van der Waals surface area contributed by atoms with Crippen molar-refractivity contribution < 1.29 is 13.5 Å². The molecule has 5 nitrogen and oxygen atoms in total. The second-order valence-corrected chi connectivity index (χ2v) is 7.24. The van der Waals surface area contributed by atoms with Gasteiger partial charge in [0.1, 0.15) is 4.90 Å². The molecule has 1 heterocycles. The number of aliphatic hydroxyl groups excluding tert-OH is 1. The van der Waals surface area contributed by atoms with Gasteiger partial charge in [0.05, 0.1) is 6.61 Å². The molecule has 1 aromatic heterocycles. The highest BCUT2D eigenvalue weighted by Crippen LogP contribution is 2.19. The minimum atomic E-state index is -3.46. The van der Waals surface area contributed by atoms with Crippen LogP contribution in [0.2, 0.25) is 0 Å². The van der Waals surface area contributed by atoms with Gasteiger partial charge in [-0.3, -0.25) is 0 Å². The fourth-order valence-corrected chi connectivity index (χ4v) is 3.44. The molecular weight excluding hydrogens is 264 g/mol. The Labute approximate surface area is 115 Å². The van der Waals surface area contributed by atoms with Gasteiger partial charge in [0.15, 0.2) is 0 Å². The van der Waals surface area contributed by atoms with Gasteiger partial charge < -0.3 is 9.67 Å². The van der Waals surface area contributed by atoms with Crippen LogP contribution < -0.4 is 0 Å². The van der Waals surface area contributed by atoms with Crippen molar-refractivity contribution in [2.45, 2.75) is 45.2 Å². The summed E-state index contributed by atoms with van der Waals surface area (Å²) >= 11 is 0. The molecule has 19 heavy (non-hydrogen) atoms. The van der Waals surface area contributed by atoms with Gasteiger partial charge in [-0.05, 0) is 18.4 Å². The van der Waals surface area contributed by atoms with E-state index in [1.54, 1.807) is 23.9 Å². The second-order valence-electron chi connectivity index (χ2n) is 5.20. The molecule has 0 radical (unpaired) electrons. The number of aryl methyl sites for hydroxylation is 1. The van der Waals surface area contributed by atoms with Crippen LogP contribution in [-0.4, -0.2) is 36.0 Å². The number of aliphatic hydroxyl groups is 1. The van der Waals surface area contributed by atoms with Crippen LogP contribution in [0.15, 0.2) is 17.2 Å². The highest BCUT2D eigenvalue weighted by Gasteiger charge is 2.23. The van der Waals surface area contributed by atoms with Gasteiger partial charge in [-0.25, -0.2) is 12.7 Å². The minimum absolute atomic E-state index is 0.149. The lowest BCUT2D eigenvalue weighted by Gasteiger charge is -2.18. The quantitative estimate of drug-likeness (QED) is 0.830. The van der Waals surface area contributed by atoms with Crippen molar-refractivity contribution in [2.24, 2.45) is 5.92 Å². The lowest BCUT2D eigenvalue weighted by atomic mass is 10.2. The molecule has 0 aliphatic carbocycles. The average Bonchev–Trinajstić information content (AvgIpc) is 2.72. The van der Waals surface area contributed by atoms with E-state index in [0.29, 0.717) is 18.8 Å². The molecule has 0 saturated heterocycles. The summed E-state index contributed by atoms with van der Waals surface area (Å²) in [4.78, 5) is 0.258. The molecular formula is C13H24N2O3S. The van der Waals surface area contributed by atoms with E-state index in [-0.39, 0.29) is 17.4 Å². The van der Waals surface area contributed by atoms with Gasteiger partial charge in [-0.2, -0.15) is 0 Å². The molecule has 0 aliphatic heterocycles. The van der Waals surface area contributed by atoms with E-state index in [1.807, 2.05) is 20.8 Å². The summed E-state index contributed by atoms with van der Waals surface area (Å²) in [5.74, 6) is 0.273. The van der Waals surface area contributed by atoms with Crippen LogP contribution in [0.5, 0.6) is 0 Å². The van der Waals surface area contributed by atoms with Gasteiger partial charge in [0, 0.05) is 32.0 Å². The molecule has 0 saturated carbocycles. The molecule has 0 bridgehead atoms. The van der Waals surface area contributed by atoms with Gasteiger partial charge in [-0.1, -0.05) is 20.8 Å². The fourth-order valence-electron chi connectivity index (χ4n) is 2.04. The lowest BCUT2D eigenvalue weighted by molar-refractivity contribution is 0.270. The Morgan fingerprint density at radius 3 is 2.53 bits per heavy atom. The number of rotatable bonds is 7. The maximum Gasteiger partial charge on any atom is 0.244 e. The number of nitrogens with zero attached hydrogens (tertiary/aromatic N) is 2. The van der Waals surface area contributed by atoms with E-state index in [4.69, 9.17) is 0 Å². The van der Waals surface area contributed by atoms with Gasteiger partial charge in [-0.15, -0.1) is 0 Å². The van der Waals surface area contributed by atoms with E-state index in [0.717, 1.165) is 6.42 Å². The Balaban J connectivity index is 3.07. The molecule has 0 spiro atoms. The maximum absolute atomic E-state index is 12.4. The number of hydrogen-bond acceptors (Lipinski definition) is 3. The number of sulfonamides is 1. The zero-order valence-electron chi connectivity index (χ0n) is 12.1. The molecule has 1 rings (SSSR count). The fraction of sp³-hybridized carbons (Fsp3) is 0.692. The van der Waals surface area contributed by atoms with Crippen LogP contribution in [0.3, 0.4) is 0 Å². The summed E-state index contributed by atoms with van der Waals surface area (Å²) < 4.78 is 27.9. The summed E-state index contributed by atoms with van der Waals surface area (Å²) in [6, 6.07) is 1.56. The summed E-state index contributed by atoms with van der Waals surface area (Å²) in [5, 5.41) is 9.28. The standard InChI is InChI=1S/C13H24N2O3S/c1-5-6-15-9-13(7-12(15)10-16)19(17,18)14(4)8-11(2)3/h7,9,11,16H,5-6,8,10H2,1-4H3. The van der Waals surface area contributed by atoms with Gasteiger partial charge in [0.25, 0.3) is 0 Å². The summed E-state index contributed by atoms with van der Waals surface area (Å²) in [6.07, 6.45) is 2.50. The summed E-state index contributed by atoms with van der Waals surface area (Å²) in [7, 11) is -1.87. The highest BCUT2D eigenvalue weighted by atomic mass is 32.2. The van der Waals surface area contributed by atoms with Crippen molar-refractivity contribution in [3.05, 3.63) is 18.0 Å². The minimum Gasteiger partial charge on any atom is -0.390 e.